The van der Waals surface area contributed by atoms with E-state index in [1.54, 1.807) is 13.3 Å². The summed E-state index contributed by atoms with van der Waals surface area (Å²) >= 11 is 0. The normalized spacial score (nSPS) is 15.4. The molecule has 184 valence electrons. The number of hydrogen-bond acceptors (Lipinski definition) is 5. The van der Waals surface area contributed by atoms with Gasteiger partial charge in [-0.2, -0.15) is 0 Å². The lowest BCUT2D eigenvalue weighted by atomic mass is 9.94. The van der Waals surface area contributed by atoms with Crippen LogP contribution in [0.25, 0.3) is 0 Å². The number of halogens is 2. The number of hydrogen-bond donors (Lipinski definition) is 1. The molecule has 1 amide bonds. The predicted molar refractivity (Wildman–Crippen MR) is 128 cm³/mol. The zero-order valence-electron chi connectivity index (χ0n) is 19.6. The van der Waals surface area contributed by atoms with Crippen molar-refractivity contribution < 1.29 is 23.0 Å². The molecule has 3 aromatic rings. The summed E-state index contributed by atoms with van der Waals surface area (Å²) in [4.78, 5) is 19.8. The van der Waals surface area contributed by atoms with Crippen LogP contribution in [0.5, 0.6) is 11.5 Å². The molecule has 8 heteroatoms. The van der Waals surface area contributed by atoms with Gasteiger partial charge in [0.2, 0.25) is 5.91 Å². The third-order valence-electron chi connectivity index (χ3n) is 6.21. The van der Waals surface area contributed by atoms with Gasteiger partial charge in [0.25, 0.3) is 0 Å². The minimum Gasteiger partial charge on any atom is -0.497 e. The Kier molecular flexibility index (Phi) is 8.26. The molecule has 6 nitrogen and oxygen atoms in total. The Balaban J connectivity index is 1.31. The van der Waals surface area contributed by atoms with E-state index < -0.39 is 11.6 Å². The third-order valence-corrected chi connectivity index (χ3v) is 6.21. The first-order valence-corrected chi connectivity index (χ1v) is 11.7. The zero-order chi connectivity index (χ0) is 24.6. The van der Waals surface area contributed by atoms with Gasteiger partial charge in [0, 0.05) is 24.7 Å². The van der Waals surface area contributed by atoms with Gasteiger partial charge in [-0.3, -0.25) is 14.7 Å². The molecule has 1 aliphatic heterocycles. The quantitative estimate of drug-likeness (QED) is 0.492. The van der Waals surface area contributed by atoms with Gasteiger partial charge in [0.15, 0.2) is 11.6 Å². The van der Waals surface area contributed by atoms with Crippen molar-refractivity contribution in [3.05, 3.63) is 89.8 Å². The van der Waals surface area contributed by atoms with Crippen LogP contribution in [0.3, 0.4) is 0 Å². The summed E-state index contributed by atoms with van der Waals surface area (Å²) in [6, 6.07) is 16.2. The fourth-order valence-corrected chi connectivity index (χ4v) is 4.25. The van der Waals surface area contributed by atoms with Crippen molar-refractivity contribution in [2.24, 2.45) is 5.92 Å². The van der Waals surface area contributed by atoms with Crippen LogP contribution in [0.2, 0.25) is 0 Å². The molecule has 1 N–H and O–H groups in total. The van der Waals surface area contributed by atoms with E-state index in [2.05, 4.69) is 15.2 Å². The van der Waals surface area contributed by atoms with E-state index in [-0.39, 0.29) is 30.2 Å². The minimum absolute atomic E-state index is 0.00671. The van der Waals surface area contributed by atoms with E-state index in [1.165, 1.54) is 12.1 Å². The Labute approximate surface area is 203 Å². The molecule has 2 heterocycles. The van der Waals surface area contributed by atoms with Crippen LogP contribution < -0.4 is 14.8 Å². The first-order valence-electron chi connectivity index (χ1n) is 11.7. The molecule has 0 aliphatic carbocycles. The van der Waals surface area contributed by atoms with Crippen LogP contribution in [0.15, 0.2) is 66.9 Å². The lowest BCUT2D eigenvalue weighted by Gasteiger charge is -2.32. The van der Waals surface area contributed by atoms with Crippen LogP contribution in [0, 0.1) is 17.6 Å². The van der Waals surface area contributed by atoms with Crippen molar-refractivity contribution in [3.8, 4) is 11.5 Å². The highest BCUT2D eigenvalue weighted by Crippen LogP contribution is 2.26. The molecule has 0 spiro atoms. The number of benzene rings is 2. The molecule has 0 radical (unpaired) electrons. The van der Waals surface area contributed by atoms with Crippen molar-refractivity contribution in [2.45, 2.75) is 18.9 Å². The van der Waals surface area contributed by atoms with Gasteiger partial charge in [0.05, 0.1) is 18.8 Å². The van der Waals surface area contributed by atoms with Gasteiger partial charge in [-0.15, -0.1) is 0 Å². The maximum Gasteiger partial charge on any atom is 0.224 e. The number of ether oxygens (including phenoxy) is 2. The number of aromatic nitrogens is 1. The van der Waals surface area contributed by atoms with Crippen LogP contribution in [-0.2, 0) is 4.79 Å². The van der Waals surface area contributed by atoms with Gasteiger partial charge in [0.1, 0.15) is 18.2 Å². The van der Waals surface area contributed by atoms with E-state index in [0.717, 1.165) is 30.4 Å². The van der Waals surface area contributed by atoms with Crippen molar-refractivity contribution in [3.63, 3.8) is 0 Å². The molecular formula is C27H29F2N3O3. The summed E-state index contributed by atoms with van der Waals surface area (Å²) in [6.45, 7) is 2.37. The molecule has 0 unspecified atom stereocenters. The number of methoxy groups -OCH3 is 1. The van der Waals surface area contributed by atoms with Crippen LogP contribution in [0.4, 0.5) is 8.78 Å². The highest BCUT2D eigenvalue weighted by Gasteiger charge is 2.28. The Hall–Kier alpha value is -3.52. The largest absolute Gasteiger partial charge is 0.497 e. The second-order valence-electron chi connectivity index (χ2n) is 8.51. The lowest BCUT2D eigenvalue weighted by molar-refractivity contribution is -0.127. The number of piperidine rings is 1. The standard InChI is InChI=1S/C27H29F2N3O3/c1-34-22-6-4-5-20(17-22)26(24-7-2-3-12-30-24)31-27(33)19-10-13-32(14-11-19)15-16-35-25-9-8-21(28)18-23(25)29/h2-9,12,17-19,26H,10-11,13-16H2,1H3,(H,31,33)/t26-/m1/s1. The highest BCUT2D eigenvalue weighted by molar-refractivity contribution is 5.79. The number of likely N-dealkylation sites (tertiary alicyclic amines) is 1. The van der Waals surface area contributed by atoms with E-state index in [4.69, 9.17) is 9.47 Å². The third kappa shape index (κ3) is 6.54. The van der Waals surface area contributed by atoms with Crippen LogP contribution in [0.1, 0.15) is 30.1 Å². The molecule has 0 bridgehead atoms. The molecule has 1 fully saturated rings. The average Bonchev–Trinajstić information content (AvgIpc) is 2.89. The molecular weight excluding hydrogens is 452 g/mol. The van der Waals surface area contributed by atoms with Crippen LogP contribution in [-0.4, -0.2) is 49.1 Å². The average molecular weight is 482 g/mol. The van der Waals surface area contributed by atoms with E-state index >= 15 is 0 Å². The van der Waals surface area contributed by atoms with Crippen molar-refractivity contribution in [1.29, 1.82) is 0 Å². The Morgan fingerprint density at radius 3 is 2.66 bits per heavy atom. The van der Waals surface area contributed by atoms with Gasteiger partial charge in [-0.1, -0.05) is 18.2 Å². The molecule has 4 rings (SSSR count). The van der Waals surface area contributed by atoms with Gasteiger partial charge in [-0.05, 0) is 67.9 Å². The van der Waals surface area contributed by atoms with Gasteiger partial charge < -0.3 is 14.8 Å². The summed E-state index contributed by atoms with van der Waals surface area (Å²) < 4.78 is 37.6. The number of rotatable bonds is 9. The molecule has 1 saturated heterocycles. The SMILES string of the molecule is COc1cccc([C@@H](NC(=O)C2CCN(CCOc3ccc(F)cc3F)CC2)c2ccccn2)c1. The Bertz CT molecular complexity index is 1120. The number of carbonyl (C=O) groups excluding carboxylic acids is 1. The second-order valence-corrected chi connectivity index (χ2v) is 8.51. The smallest absolute Gasteiger partial charge is 0.224 e. The topological polar surface area (TPSA) is 63.7 Å². The Morgan fingerprint density at radius 1 is 1.11 bits per heavy atom. The summed E-state index contributed by atoms with van der Waals surface area (Å²) in [6.07, 6.45) is 3.14. The number of amides is 1. The Morgan fingerprint density at radius 2 is 1.94 bits per heavy atom. The van der Waals surface area contributed by atoms with Gasteiger partial charge in [-0.25, -0.2) is 8.78 Å². The molecule has 1 atom stereocenters. The maximum absolute atomic E-state index is 13.7. The van der Waals surface area contributed by atoms with Crippen LogP contribution >= 0.6 is 0 Å². The van der Waals surface area contributed by atoms with E-state index in [0.29, 0.717) is 25.1 Å². The minimum atomic E-state index is -0.709. The lowest BCUT2D eigenvalue weighted by Crippen LogP contribution is -2.43. The van der Waals surface area contributed by atoms with Crippen molar-refractivity contribution in [1.82, 2.24) is 15.2 Å². The summed E-state index contributed by atoms with van der Waals surface area (Å²) in [7, 11) is 1.61. The van der Waals surface area contributed by atoms with Crippen molar-refractivity contribution >= 4 is 5.91 Å². The molecule has 2 aromatic carbocycles. The molecule has 1 aromatic heterocycles. The molecule has 35 heavy (non-hydrogen) atoms. The number of nitrogens with zero attached hydrogens (tertiary/aromatic N) is 2. The zero-order valence-corrected chi connectivity index (χ0v) is 19.6. The summed E-state index contributed by atoms with van der Waals surface area (Å²) in [5.74, 6) is -0.704. The fourth-order valence-electron chi connectivity index (χ4n) is 4.25. The first-order chi connectivity index (χ1) is 17.0. The fraction of sp³-hybridized carbons (Fsp3) is 0.333. The number of pyridine rings is 1. The second kappa shape index (κ2) is 11.8. The first kappa shape index (κ1) is 24.6. The predicted octanol–water partition coefficient (Wildman–Crippen LogP) is 4.37. The molecule has 0 saturated carbocycles. The summed E-state index contributed by atoms with van der Waals surface area (Å²) in [5.41, 5.74) is 1.66. The van der Waals surface area contributed by atoms with E-state index in [1.807, 2.05) is 42.5 Å². The summed E-state index contributed by atoms with van der Waals surface area (Å²) in [5, 5.41) is 3.19. The van der Waals surface area contributed by atoms with Gasteiger partial charge >= 0.3 is 0 Å². The number of carbonyl (C=O) groups is 1. The maximum atomic E-state index is 13.7. The number of nitrogens with one attached hydrogen (secondary N) is 1. The monoisotopic (exact) mass is 481 g/mol. The van der Waals surface area contributed by atoms with Crippen molar-refractivity contribution in [2.75, 3.05) is 33.4 Å². The van der Waals surface area contributed by atoms with E-state index in [9.17, 15) is 13.6 Å². The molecule has 1 aliphatic rings. The highest BCUT2D eigenvalue weighted by atomic mass is 19.1.